The van der Waals surface area contributed by atoms with Gasteiger partial charge in [0.05, 0.1) is 19.3 Å². The van der Waals surface area contributed by atoms with E-state index in [9.17, 15) is 8.78 Å². The molecule has 3 rings (SSSR count). The van der Waals surface area contributed by atoms with Gasteiger partial charge in [-0.05, 0) is 17.7 Å². The predicted molar refractivity (Wildman–Crippen MR) is 54.2 cm³/mol. The van der Waals surface area contributed by atoms with E-state index in [1.807, 2.05) is 0 Å². The summed E-state index contributed by atoms with van der Waals surface area (Å²) < 4.78 is 39.7. The van der Waals surface area contributed by atoms with E-state index in [1.54, 1.807) is 12.1 Å². The molecule has 0 spiro atoms. The number of rotatable bonds is 1. The van der Waals surface area contributed by atoms with Crippen LogP contribution in [0.2, 0.25) is 0 Å². The normalized spacial score (nSPS) is 25.9. The number of ether oxygens (including phenoxy) is 3. The van der Waals surface area contributed by atoms with Crippen molar-refractivity contribution in [3.63, 3.8) is 0 Å². The minimum atomic E-state index is -3.56. The van der Waals surface area contributed by atoms with Gasteiger partial charge in [-0.15, -0.1) is 8.78 Å². The highest BCUT2D eigenvalue weighted by Crippen LogP contribution is 2.42. The third-order valence-electron chi connectivity index (χ3n) is 2.75. The second-order valence-corrected chi connectivity index (χ2v) is 3.96. The van der Waals surface area contributed by atoms with Gasteiger partial charge >= 0.3 is 6.29 Å². The molecule has 0 aromatic heterocycles. The number of hydrogen-bond acceptors (Lipinski definition) is 4. The van der Waals surface area contributed by atoms with Gasteiger partial charge in [-0.25, -0.2) is 0 Å². The smallest absolute Gasteiger partial charge is 0.395 e. The first kappa shape index (κ1) is 10.7. The molecule has 1 unspecified atom stereocenters. The number of morpholine rings is 1. The van der Waals surface area contributed by atoms with Crippen LogP contribution in [0.5, 0.6) is 11.5 Å². The molecular formula is C11H11F2NO3. The van der Waals surface area contributed by atoms with Crippen molar-refractivity contribution in [2.45, 2.75) is 12.3 Å². The molecular weight excluding hydrogens is 232 g/mol. The number of fused-ring (bicyclic) bond motifs is 1. The molecule has 0 saturated carbocycles. The van der Waals surface area contributed by atoms with Crippen LogP contribution in [-0.2, 0) is 4.74 Å². The fourth-order valence-electron chi connectivity index (χ4n) is 1.96. The molecule has 2 aliphatic heterocycles. The lowest BCUT2D eigenvalue weighted by Gasteiger charge is -2.24. The lowest BCUT2D eigenvalue weighted by Crippen LogP contribution is -2.34. The van der Waals surface area contributed by atoms with E-state index in [0.29, 0.717) is 13.2 Å². The highest BCUT2D eigenvalue weighted by Gasteiger charge is 2.43. The summed E-state index contributed by atoms with van der Waals surface area (Å²) in [5.41, 5.74) is 0.852. The SMILES string of the molecule is FC1(F)Oc2ccc(C3COCCN3)cc2O1. The Hall–Kier alpha value is -1.40. The monoisotopic (exact) mass is 243 g/mol. The van der Waals surface area contributed by atoms with E-state index in [0.717, 1.165) is 12.1 Å². The summed E-state index contributed by atoms with van der Waals surface area (Å²) in [5.74, 6) is 0.135. The predicted octanol–water partition coefficient (Wildman–Crippen LogP) is 1.67. The minimum absolute atomic E-state index is 0.00636. The summed E-state index contributed by atoms with van der Waals surface area (Å²) in [7, 11) is 0. The van der Waals surface area contributed by atoms with Crippen LogP contribution in [0.25, 0.3) is 0 Å². The number of halogens is 2. The fraction of sp³-hybridized carbons (Fsp3) is 0.455. The molecule has 2 aliphatic rings. The van der Waals surface area contributed by atoms with Gasteiger partial charge in [0, 0.05) is 6.54 Å². The van der Waals surface area contributed by atoms with Gasteiger partial charge < -0.3 is 19.5 Å². The Morgan fingerprint density at radius 1 is 1.24 bits per heavy atom. The minimum Gasteiger partial charge on any atom is -0.395 e. The molecule has 2 heterocycles. The quantitative estimate of drug-likeness (QED) is 0.814. The number of hydrogen-bond donors (Lipinski definition) is 1. The van der Waals surface area contributed by atoms with Crippen LogP contribution in [0.3, 0.4) is 0 Å². The zero-order valence-corrected chi connectivity index (χ0v) is 8.91. The first-order valence-corrected chi connectivity index (χ1v) is 5.35. The molecule has 6 heteroatoms. The van der Waals surface area contributed by atoms with Crippen LogP contribution < -0.4 is 14.8 Å². The molecule has 1 aromatic rings. The Morgan fingerprint density at radius 3 is 2.82 bits per heavy atom. The van der Waals surface area contributed by atoms with Gasteiger partial charge in [0.25, 0.3) is 0 Å². The van der Waals surface area contributed by atoms with Crippen molar-refractivity contribution in [3.05, 3.63) is 23.8 Å². The maximum Gasteiger partial charge on any atom is 0.586 e. The van der Waals surface area contributed by atoms with E-state index in [1.165, 1.54) is 6.07 Å². The molecule has 1 atom stereocenters. The van der Waals surface area contributed by atoms with Crippen LogP contribution >= 0.6 is 0 Å². The summed E-state index contributed by atoms with van der Waals surface area (Å²) in [6.45, 7) is 1.93. The van der Waals surface area contributed by atoms with E-state index >= 15 is 0 Å². The van der Waals surface area contributed by atoms with Crippen molar-refractivity contribution in [1.82, 2.24) is 5.32 Å². The molecule has 0 aliphatic carbocycles. The summed E-state index contributed by atoms with van der Waals surface area (Å²) in [6, 6.07) is 4.78. The maximum atomic E-state index is 12.8. The maximum absolute atomic E-state index is 12.8. The largest absolute Gasteiger partial charge is 0.586 e. The highest BCUT2D eigenvalue weighted by atomic mass is 19.3. The Labute approximate surface area is 96.5 Å². The first-order chi connectivity index (χ1) is 8.14. The topological polar surface area (TPSA) is 39.7 Å². The standard InChI is InChI=1S/C11H11F2NO3/c12-11(13)16-9-2-1-7(5-10(9)17-11)8-6-15-4-3-14-8/h1-2,5,8,14H,3-4,6H2. The van der Waals surface area contributed by atoms with E-state index < -0.39 is 6.29 Å². The van der Waals surface area contributed by atoms with Gasteiger partial charge in [-0.2, -0.15) is 0 Å². The van der Waals surface area contributed by atoms with Gasteiger partial charge in [-0.1, -0.05) is 6.07 Å². The Bertz CT molecular complexity index is 433. The summed E-state index contributed by atoms with van der Waals surface area (Å²) in [6.07, 6.45) is -3.56. The average molecular weight is 243 g/mol. The number of nitrogens with one attached hydrogen (secondary N) is 1. The highest BCUT2D eigenvalue weighted by molar-refractivity contribution is 5.46. The molecule has 92 valence electrons. The molecule has 1 saturated heterocycles. The molecule has 0 bridgehead atoms. The summed E-state index contributed by atoms with van der Waals surface area (Å²) >= 11 is 0. The van der Waals surface area contributed by atoms with Gasteiger partial charge in [0.1, 0.15) is 0 Å². The number of benzene rings is 1. The molecule has 1 N–H and O–H groups in total. The molecule has 4 nitrogen and oxygen atoms in total. The van der Waals surface area contributed by atoms with Crippen molar-refractivity contribution >= 4 is 0 Å². The molecule has 0 amide bonds. The third kappa shape index (κ3) is 2.05. The average Bonchev–Trinajstić information content (AvgIpc) is 2.63. The van der Waals surface area contributed by atoms with Gasteiger partial charge in [0.15, 0.2) is 11.5 Å². The summed E-state index contributed by atoms with van der Waals surface area (Å²) in [4.78, 5) is 0. The lowest BCUT2D eigenvalue weighted by atomic mass is 10.1. The molecule has 1 fully saturated rings. The van der Waals surface area contributed by atoms with Crippen molar-refractivity contribution in [1.29, 1.82) is 0 Å². The van der Waals surface area contributed by atoms with E-state index in [-0.39, 0.29) is 17.5 Å². The molecule has 1 aromatic carbocycles. The van der Waals surface area contributed by atoms with E-state index in [2.05, 4.69) is 14.8 Å². The zero-order chi connectivity index (χ0) is 11.9. The van der Waals surface area contributed by atoms with Crippen LogP contribution in [-0.4, -0.2) is 26.1 Å². The lowest BCUT2D eigenvalue weighted by molar-refractivity contribution is -0.286. The van der Waals surface area contributed by atoms with Crippen LogP contribution in [0.15, 0.2) is 18.2 Å². The Kier molecular flexibility index (Phi) is 2.41. The van der Waals surface area contributed by atoms with Crippen LogP contribution in [0.1, 0.15) is 11.6 Å². The van der Waals surface area contributed by atoms with Gasteiger partial charge in [0.2, 0.25) is 0 Å². The Morgan fingerprint density at radius 2 is 2.06 bits per heavy atom. The fourth-order valence-corrected chi connectivity index (χ4v) is 1.96. The first-order valence-electron chi connectivity index (χ1n) is 5.35. The van der Waals surface area contributed by atoms with Crippen molar-refractivity contribution in [2.75, 3.05) is 19.8 Å². The third-order valence-corrected chi connectivity index (χ3v) is 2.75. The molecule has 17 heavy (non-hydrogen) atoms. The van der Waals surface area contributed by atoms with Crippen molar-refractivity contribution in [2.24, 2.45) is 0 Å². The molecule has 0 radical (unpaired) electrons. The zero-order valence-electron chi connectivity index (χ0n) is 8.91. The van der Waals surface area contributed by atoms with E-state index in [4.69, 9.17) is 4.74 Å². The number of alkyl halides is 2. The Balaban J connectivity index is 1.85. The van der Waals surface area contributed by atoms with Gasteiger partial charge in [-0.3, -0.25) is 0 Å². The van der Waals surface area contributed by atoms with Crippen LogP contribution in [0.4, 0.5) is 8.78 Å². The second-order valence-electron chi connectivity index (χ2n) is 3.96. The van der Waals surface area contributed by atoms with Crippen LogP contribution in [0, 0.1) is 0 Å². The van der Waals surface area contributed by atoms with Crippen molar-refractivity contribution < 1.29 is 23.0 Å². The summed E-state index contributed by atoms with van der Waals surface area (Å²) in [5, 5.41) is 3.24. The van der Waals surface area contributed by atoms with Crippen molar-refractivity contribution in [3.8, 4) is 11.5 Å². The second kappa shape index (κ2) is 3.82.